The molecule has 2 aromatic rings. The van der Waals surface area contributed by atoms with Crippen LogP contribution in [0.4, 0.5) is 0 Å². The molecule has 19 heavy (non-hydrogen) atoms. The van der Waals surface area contributed by atoms with Crippen LogP contribution in [-0.2, 0) is 0 Å². The van der Waals surface area contributed by atoms with Gasteiger partial charge in [0.05, 0.1) is 24.2 Å². The highest BCUT2D eigenvalue weighted by Crippen LogP contribution is 2.36. The van der Waals surface area contributed by atoms with Crippen LogP contribution >= 0.6 is 0 Å². The first-order valence-electron chi connectivity index (χ1n) is 6.70. The standard InChI is InChI=1S/C14H19N3O2/c1-18-14-11-8-16-17-12(11)5-6-13(14)19-10-4-2-3-9(15)7-10/h5-6,8-10H,2-4,7,15H2,1H3,(H,16,17)/t9-,10-/m1/s1. The van der Waals surface area contributed by atoms with E-state index in [1.807, 2.05) is 12.1 Å². The summed E-state index contributed by atoms with van der Waals surface area (Å²) in [7, 11) is 1.65. The molecule has 5 heteroatoms. The van der Waals surface area contributed by atoms with E-state index >= 15 is 0 Å². The Balaban J connectivity index is 1.87. The molecule has 0 spiro atoms. The molecule has 0 radical (unpaired) electrons. The van der Waals surface area contributed by atoms with E-state index in [2.05, 4.69) is 10.2 Å². The number of aromatic amines is 1. The monoisotopic (exact) mass is 261 g/mol. The van der Waals surface area contributed by atoms with Gasteiger partial charge in [0.1, 0.15) is 6.10 Å². The van der Waals surface area contributed by atoms with Crippen molar-refractivity contribution < 1.29 is 9.47 Å². The smallest absolute Gasteiger partial charge is 0.171 e. The number of nitrogens with zero attached hydrogens (tertiary/aromatic N) is 1. The summed E-state index contributed by atoms with van der Waals surface area (Å²) in [6, 6.07) is 4.14. The van der Waals surface area contributed by atoms with Crippen LogP contribution in [0, 0.1) is 0 Å². The van der Waals surface area contributed by atoms with E-state index in [-0.39, 0.29) is 12.1 Å². The van der Waals surface area contributed by atoms with E-state index in [4.69, 9.17) is 15.2 Å². The fourth-order valence-corrected chi connectivity index (χ4v) is 2.74. The molecule has 0 bridgehead atoms. The highest BCUT2D eigenvalue weighted by atomic mass is 16.5. The summed E-state index contributed by atoms with van der Waals surface area (Å²) in [5.41, 5.74) is 6.95. The summed E-state index contributed by atoms with van der Waals surface area (Å²) in [4.78, 5) is 0. The molecule has 1 aromatic carbocycles. The maximum Gasteiger partial charge on any atom is 0.171 e. The zero-order chi connectivity index (χ0) is 13.2. The van der Waals surface area contributed by atoms with Crippen LogP contribution in [0.1, 0.15) is 25.7 Å². The Morgan fingerprint density at radius 3 is 3.05 bits per heavy atom. The van der Waals surface area contributed by atoms with E-state index in [9.17, 15) is 0 Å². The van der Waals surface area contributed by atoms with E-state index in [1.54, 1.807) is 13.3 Å². The molecular formula is C14H19N3O2. The number of hydrogen-bond donors (Lipinski definition) is 2. The molecule has 1 aromatic heterocycles. The van der Waals surface area contributed by atoms with Gasteiger partial charge in [-0.1, -0.05) is 0 Å². The van der Waals surface area contributed by atoms with Crippen molar-refractivity contribution in [2.75, 3.05) is 7.11 Å². The molecule has 3 N–H and O–H groups in total. The highest BCUT2D eigenvalue weighted by Gasteiger charge is 2.22. The highest BCUT2D eigenvalue weighted by molar-refractivity contribution is 5.87. The van der Waals surface area contributed by atoms with Crippen molar-refractivity contribution in [3.05, 3.63) is 18.3 Å². The van der Waals surface area contributed by atoms with E-state index in [0.717, 1.165) is 48.1 Å². The van der Waals surface area contributed by atoms with Crippen molar-refractivity contribution in [3.8, 4) is 11.5 Å². The first kappa shape index (κ1) is 12.3. The Labute approximate surface area is 112 Å². The Hall–Kier alpha value is -1.75. The predicted octanol–water partition coefficient (Wildman–Crippen LogP) is 2.22. The van der Waals surface area contributed by atoms with Crippen molar-refractivity contribution in [2.24, 2.45) is 5.73 Å². The number of rotatable bonds is 3. The van der Waals surface area contributed by atoms with Crippen molar-refractivity contribution in [3.63, 3.8) is 0 Å². The molecule has 0 aliphatic heterocycles. The molecular weight excluding hydrogens is 242 g/mol. The zero-order valence-corrected chi connectivity index (χ0v) is 11.1. The number of nitrogens with two attached hydrogens (primary N) is 1. The van der Waals surface area contributed by atoms with Crippen LogP contribution in [0.2, 0.25) is 0 Å². The number of methoxy groups -OCH3 is 1. The summed E-state index contributed by atoms with van der Waals surface area (Å²) in [5.74, 6) is 1.51. The zero-order valence-electron chi connectivity index (χ0n) is 11.1. The fraction of sp³-hybridized carbons (Fsp3) is 0.500. The maximum absolute atomic E-state index is 6.08. The van der Waals surface area contributed by atoms with Gasteiger partial charge in [0, 0.05) is 6.04 Å². The number of nitrogens with one attached hydrogen (secondary N) is 1. The average Bonchev–Trinajstić information content (AvgIpc) is 2.87. The predicted molar refractivity (Wildman–Crippen MR) is 73.5 cm³/mol. The van der Waals surface area contributed by atoms with Crippen molar-refractivity contribution in [2.45, 2.75) is 37.8 Å². The van der Waals surface area contributed by atoms with Crippen molar-refractivity contribution in [1.29, 1.82) is 0 Å². The molecule has 5 nitrogen and oxygen atoms in total. The first-order valence-corrected chi connectivity index (χ1v) is 6.70. The topological polar surface area (TPSA) is 73.2 Å². The third kappa shape index (κ3) is 2.38. The van der Waals surface area contributed by atoms with Gasteiger partial charge in [-0.3, -0.25) is 5.10 Å². The number of benzene rings is 1. The third-order valence-electron chi connectivity index (χ3n) is 3.70. The molecule has 1 heterocycles. The largest absolute Gasteiger partial charge is 0.492 e. The minimum absolute atomic E-state index is 0.182. The summed E-state index contributed by atoms with van der Waals surface area (Å²) in [6.07, 6.45) is 6.13. The van der Waals surface area contributed by atoms with Crippen LogP contribution in [0.5, 0.6) is 11.5 Å². The van der Waals surface area contributed by atoms with Gasteiger partial charge < -0.3 is 15.2 Å². The van der Waals surface area contributed by atoms with Crippen molar-refractivity contribution in [1.82, 2.24) is 10.2 Å². The second-order valence-corrected chi connectivity index (χ2v) is 5.09. The lowest BCUT2D eigenvalue weighted by atomic mass is 9.93. The summed E-state index contributed by atoms with van der Waals surface area (Å²) < 4.78 is 11.5. The molecule has 1 aliphatic carbocycles. The van der Waals surface area contributed by atoms with Gasteiger partial charge in [0.25, 0.3) is 0 Å². The van der Waals surface area contributed by atoms with Gasteiger partial charge in [-0.15, -0.1) is 0 Å². The van der Waals surface area contributed by atoms with Crippen molar-refractivity contribution >= 4 is 10.9 Å². The average molecular weight is 261 g/mol. The van der Waals surface area contributed by atoms with Crippen LogP contribution < -0.4 is 15.2 Å². The third-order valence-corrected chi connectivity index (χ3v) is 3.70. The van der Waals surface area contributed by atoms with E-state index in [1.165, 1.54) is 0 Å². The lowest BCUT2D eigenvalue weighted by molar-refractivity contribution is 0.140. The summed E-state index contributed by atoms with van der Waals surface area (Å²) in [5, 5.41) is 7.90. The van der Waals surface area contributed by atoms with Crippen LogP contribution in [0.3, 0.4) is 0 Å². The van der Waals surface area contributed by atoms with E-state index < -0.39 is 0 Å². The fourth-order valence-electron chi connectivity index (χ4n) is 2.74. The van der Waals surface area contributed by atoms with Crippen LogP contribution in [-0.4, -0.2) is 29.5 Å². The van der Waals surface area contributed by atoms with E-state index in [0.29, 0.717) is 0 Å². The number of aromatic nitrogens is 2. The van der Waals surface area contributed by atoms with Gasteiger partial charge in [-0.25, -0.2) is 0 Å². The van der Waals surface area contributed by atoms with Gasteiger partial charge in [0.2, 0.25) is 0 Å². The van der Waals surface area contributed by atoms with Crippen LogP contribution in [0.25, 0.3) is 10.9 Å². The second-order valence-electron chi connectivity index (χ2n) is 5.09. The number of fused-ring (bicyclic) bond motifs is 1. The molecule has 1 fully saturated rings. The molecule has 3 rings (SSSR count). The Bertz CT molecular complexity index is 567. The SMILES string of the molecule is COc1c(O[C@@H]2CCC[C@@H](N)C2)ccc2[nH]ncc12. The Kier molecular flexibility index (Phi) is 3.29. The number of ether oxygens (including phenoxy) is 2. The second kappa shape index (κ2) is 5.09. The quantitative estimate of drug-likeness (QED) is 0.888. The molecule has 1 aliphatic rings. The number of hydrogen-bond acceptors (Lipinski definition) is 4. The molecule has 1 saturated carbocycles. The Morgan fingerprint density at radius 2 is 2.26 bits per heavy atom. The minimum atomic E-state index is 0.182. The molecule has 0 saturated heterocycles. The lowest BCUT2D eigenvalue weighted by Gasteiger charge is -2.27. The normalized spacial score (nSPS) is 23.5. The summed E-state index contributed by atoms with van der Waals surface area (Å²) in [6.45, 7) is 0. The van der Waals surface area contributed by atoms with Gasteiger partial charge in [-0.05, 0) is 37.8 Å². The summed E-state index contributed by atoms with van der Waals surface area (Å²) >= 11 is 0. The first-order chi connectivity index (χ1) is 9.28. The minimum Gasteiger partial charge on any atom is -0.492 e. The molecule has 0 amide bonds. The van der Waals surface area contributed by atoms with Gasteiger partial charge in [-0.2, -0.15) is 5.10 Å². The van der Waals surface area contributed by atoms with Gasteiger partial charge >= 0.3 is 0 Å². The molecule has 102 valence electrons. The molecule has 2 atom stereocenters. The molecule has 0 unspecified atom stereocenters. The van der Waals surface area contributed by atoms with Crippen LogP contribution in [0.15, 0.2) is 18.3 Å². The Morgan fingerprint density at radius 1 is 1.37 bits per heavy atom. The lowest BCUT2D eigenvalue weighted by Crippen LogP contribution is -2.33. The van der Waals surface area contributed by atoms with Gasteiger partial charge in [0.15, 0.2) is 11.5 Å². The maximum atomic E-state index is 6.08. The number of H-pyrrole nitrogens is 1.